The van der Waals surface area contributed by atoms with Gasteiger partial charge in [-0.05, 0) is 30.2 Å². The van der Waals surface area contributed by atoms with Crippen molar-refractivity contribution in [2.75, 3.05) is 45.2 Å². The highest BCUT2D eigenvalue weighted by molar-refractivity contribution is 5.98. The number of primary amides is 1. The van der Waals surface area contributed by atoms with Crippen LogP contribution in [0.1, 0.15) is 15.9 Å². The summed E-state index contributed by atoms with van der Waals surface area (Å²) in [7, 11) is 3.86. The molecule has 0 aromatic heterocycles. The fourth-order valence-electron chi connectivity index (χ4n) is 3.54. The summed E-state index contributed by atoms with van der Waals surface area (Å²) in [5.74, 6) is -0.600. The quantitative estimate of drug-likeness (QED) is 0.827. The van der Waals surface area contributed by atoms with Crippen LogP contribution in [0.15, 0.2) is 54.6 Å². The molecule has 2 N–H and O–H groups in total. The van der Waals surface area contributed by atoms with Gasteiger partial charge in [-0.1, -0.05) is 36.4 Å². The maximum Gasteiger partial charge on any atom is 0.254 e. The predicted octanol–water partition coefficient (Wildman–Crippen LogP) is 1.61. The van der Waals surface area contributed by atoms with E-state index in [1.165, 1.54) is 5.56 Å². The van der Waals surface area contributed by atoms with Crippen LogP contribution in [-0.4, -0.2) is 67.9 Å². The van der Waals surface area contributed by atoms with Crippen molar-refractivity contribution in [1.82, 2.24) is 9.80 Å². The summed E-state index contributed by atoms with van der Waals surface area (Å²) < 4.78 is 0. The van der Waals surface area contributed by atoms with E-state index in [0.717, 1.165) is 25.2 Å². The number of carbonyl (C=O) groups is 2. The van der Waals surface area contributed by atoms with Gasteiger partial charge in [-0.2, -0.15) is 0 Å². The van der Waals surface area contributed by atoms with Gasteiger partial charge in [0, 0.05) is 51.5 Å². The first-order chi connectivity index (χ1) is 13.5. The Morgan fingerprint density at radius 2 is 1.82 bits per heavy atom. The molecule has 1 heterocycles. The topological polar surface area (TPSA) is 69.9 Å². The summed E-state index contributed by atoms with van der Waals surface area (Å²) in [4.78, 5) is 30.9. The Hall–Kier alpha value is -2.86. The second-order valence-electron chi connectivity index (χ2n) is 7.40. The monoisotopic (exact) mass is 380 g/mol. The van der Waals surface area contributed by atoms with Crippen molar-refractivity contribution >= 4 is 17.5 Å². The number of anilines is 1. The van der Waals surface area contributed by atoms with Gasteiger partial charge in [-0.3, -0.25) is 14.5 Å². The molecular weight excluding hydrogens is 352 g/mol. The molecule has 0 radical (unpaired) electrons. The molecule has 2 aromatic rings. The molecule has 0 saturated carbocycles. The zero-order chi connectivity index (χ0) is 20.1. The number of rotatable bonds is 6. The summed E-state index contributed by atoms with van der Waals surface area (Å²) in [6.07, 6.45) is 0.908. The number of amides is 2. The van der Waals surface area contributed by atoms with Crippen LogP contribution >= 0.6 is 0 Å². The lowest BCUT2D eigenvalue weighted by Gasteiger charge is -2.40. The predicted molar refractivity (Wildman–Crippen MR) is 111 cm³/mol. The third-order valence-corrected chi connectivity index (χ3v) is 5.22. The fraction of sp³-hybridized carbons (Fsp3) is 0.364. The highest BCUT2D eigenvalue weighted by Gasteiger charge is 2.34. The molecule has 1 aliphatic rings. The minimum absolute atomic E-state index is 0.143. The lowest BCUT2D eigenvalue weighted by Crippen LogP contribution is -2.60. The molecular formula is C22H28N4O2. The van der Waals surface area contributed by atoms with Crippen molar-refractivity contribution in [2.24, 2.45) is 5.73 Å². The molecule has 28 heavy (non-hydrogen) atoms. The van der Waals surface area contributed by atoms with E-state index in [4.69, 9.17) is 5.73 Å². The second-order valence-corrected chi connectivity index (χ2v) is 7.40. The zero-order valence-electron chi connectivity index (χ0n) is 16.5. The molecule has 6 heteroatoms. The largest absolute Gasteiger partial charge is 0.378 e. The first kappa shape index (κ1) is 19.9. The third-order valence-electron chi connectivity index (χ3n) is 5.22. The summed E-state index contributed by atoms with van der Waals surface area (Å²) in [5, 5.41) is 0. The van der Waals surface area contributed by atoms with Gasteiger partial charge in [-0.25, -0.2) is 0 Å². The molecule has 6 nitrogen and oxygen atoms in total. The molecule has 3 rings (SSSR count). The smallest absolute Gasteiger partial charge is 0.254 e. The minimum atomic E-state index is -0.611. The van der Waals surface area contributed by atoms with Crippen LogP contribution in [0.5, 0.6) is 0 Å². The van der Waals surface area contributed by atoms with E-state index < -0.39 is 11.9 Å². The fourth-order valence-corrected chi connectivity index (χ4v) is 3.54. The highest BCUT2D eigenvalue weighted by atomic mass is 16.2. The van der Waals surface area contributed by atoms with Gasteiger partial charge in [0.2, 0.25) is 5.91 Å². The molecule has 1 fully saturated rings. The molecule has 1 atom stereocenters. The number of nitrogens with two attached hydrogens (primary N) is 1. The second kappa shape index (κ2) is 8.89. The Morgan fingerprint density at radius 1 is 1.07 bits per heavy atom. The number of piperazine rings is 1. The maximum absolute atomic E-state index is 13.1. The lowest BCUT2D eigenvalue weighted by atomic mass is 10.1. The van der Waals surface area contributed by atoms with Crippen molar-refractivity contribution in [1.29, 1.82) is 0 Å². The van der Waals surface area contributed by atoms with Crippen molar-refractivity contribution < 1.29 is 9.59 Å². The van der Waals surface area contributed by atoms with E-state index in [9.17, 15) is 9.59 Å². The van der Waals surface area contributed by atoms with Gasteiger partial charge in [0.25, 0.3) is 5.91 Å². The number of benzene rings is 2. The summed E-state index contributed by atoms with van der Waals surface area (Å²) >= 11 is 0. The third kappa shape index (κ3) is 4.70. The summed E-state index contributed by atoms with van der Waals surface area (Å²) in [6, 6.07) is 17.1. The van der Waals surface area contributed by atoms with E-state index in [0.29, 0.717) is 18.7 Å². The van der Waals surface area contributed by atoms with Crippen LogP contribution in [0.2, 0.25) is 0 Å². The average molecular weight is 380 g/mol. The Balaban J connectivity index is 1.68. The Kier molecular flexibility index (Phi) is 6.31. The van der Waals surface area contributed by atoms with Gasteiger partial charge in [0.05, 0.1) is 0 Å². The summed E-state index contributed by atoms with van der Waals surface area (Å²) in [6.45, 7) is 2.54. The first-order valence-corrected chi connectivity index (χ1v) is 9.59. The molecule has 1 aliphatic heterocycles. The number of hydrogen-bond acceptors (Lipinski definition) is 4. The highest BCUT2D eigenvalue weighted by Crippen LogP contribution is 2.19. The van der Waals surface area contributed by atoms with Crippen molar-refractivity contribution in [3.05, 3.63) is 65.7 Å². The van der Waals surface area contributed by atoms with Gasteiger partial charge in [-0.15, -0.1) is 0 Å². The molecule has 2 amide bonds. The lowest BCUT2D eigenvalue weighted by molar-refractivity contribution is -0.124. The molecule has 0 spiro atoms. The SMILES string of the molecule is CN(C)c1cccc(C(=O)N2CCN(CCc3ccccc3)C[C@H]2C(N)=O)c1. The van der Waals surface area contributed by atoms with Crippen LogP contribution in [0.4, 0.5) is 5.69 Å². The van der Waals surface area contributed by atoms with Crippen LogP contribution < -0.4 is 10.6 Å². The van der Waals surface area contributed by atoms with E-state index >= 15 is 0 Å². The molecule has 0 bridgehead atoms. The van der Waals surface area contributed by atoms with Gasteiger partial charge >= 0.3 is 0 Å². The number of nitrogens with zero attached hydrogens (tertiary/aromatic N) is 3. The normalized spacial score (nSPS) is 17.4. The number of hydrogen-bond donors (Lipinski definition) is 1. The van der Waals surface area contributed by atoms with Crippen LogP contribution in [-0.2, 0) is 11.2 Å². The standard InChI is InChI=1S/C22H28N4O2/c1-24(2)19-10-6-9-18(15-19)22(28)26-14-13-25(16-20(26)21(23)27)12-11-17-7-4-3-5-8-17/h3-10,15,20H,11-14,16H2,1-2H3,(H2,23,27)/t20-/m0/s1. The van der Waals surface area contributed by atoms with E-state index in [1.807, 2.05) is 55.4 Å². The van der Waals surface area contributed by atoms with Crippen LogP contribution in [0, 0.1) is 0 Å². The Bertz CT molecular complexity index is 822. The molecule has 0 aliphatic carbocycles. The van der Waals surface area contributed by atoms with Gasteiger partial charge in [0.1, 0.15) is 6.04 Å². The van der Waals surface area contributed by atoms with Crippen molar-refractivity contribution in [3.63, 3.8) is 0 Å². The zero-order valence-corrected chi connectivity index (χ0v) is 16.5. The van der Waals surface area contributed by atoms with Gasteiger partial charge < -0.3 is 15.5 Å². The van der Waals surface area contributed by atoms with Gasteiger partial charge in [0.15, 0.2) is 0 Å². The van der Waals surface area contributed by atoms with E-state index in [1.54, 1.807) is 11.0 Å². The van der Waals surface area contributed by atoms with Crippen molar-refractivity contribution in [2.45, 2.75) is 12.5 Å². The average Bonchev–Trinajstić information content (AvgIpc) is 2.72. The first-order valence-electron chi connectivity index (χ1n) is 9.59. The molecule has 2 aromatic carbocycles. The van der Waals surface area contributed by atoms with Crippen LogP contribution in [0.25, 0.3) is 0 Å². The maximum atomic E-state index is 13.1. The molecule has 1 saturated heterocycles. The molecule has 148 valence electrons. The number of carbonyl (C=O) groups excluding carboxylic acids is 2. The Labute approximate surface area is 166 Å². The van der Waals surface area contributed by atoms with E-state index in [-0.39, 0.29) is 5.91 Å². The Morgan fingerprint density at radius 3 is 2.50 bits per heavy atom. The minimum Gasteiger partial charge on any atom is -0.378 e. The molecule has 0 unspecified atom stereocenters. The van der Waals surface area contributed by atoms with Crippen molar-refractivity contribution in [3.8, 4) is 0 Å². The summed E-state index contributed by atoms with van der Waals surface area (Å²) in [5.41, 5.74) is 8.44. The van der Waals surface area contributed by atoms with E-state index in [2.05, 4.69) is 17.0 Å². The van der Waals surface area contributed by atoms with Crippen LogP contribution in [0.3, 0.4) is 0 Å².